The Bertz CT molecular complexity index is 1280. The van der Waals surface area contributed by atoms with Crippen LogP contribution in [0.15, 0.2) is 78.5 Å². The molecule has 0 saturated carbocycles. The maximum atomic E-state index is 13.8. The maximum absolute atomic E-state index is 13.8. The Morgan fingerprint density at radius 3 is 2.45 bits per heavy atom. The minimum atomic E-state index is -0.345. The average molecular weight is 459 g/mol. The third-order valence-electron chi connectivity index (χ3n) is 6.19. The molecule has 33 heavy (non-hydrogen) atoms. The minimum absolute atomic E-state index is 0.106. The summed E-state index contributed by atoms with van der Waals surface area (Å²) >= 11 is 6.36. The molecule has 3 aromatic rings. The Morgan fingerprint density at radius 2 is 1.64 bits per heavy atom. The van der Waals surface area contributed by atoms with Gasteiger partial charge >= 0.3 is 0 Å². The van der Waals surface area contributed by atoms with E-state index in [1.165, 1.54) is 10.5 Å². The van der Waals surface area contributed by atoms with E-state index < -0.39 is 0 Å². The summed E-state index contributed by atoms with van der Waals surface area (Å²) in [6, 6.07) is 22.7. The van der Waals surface area contributed by atoms with E-state index in [1.54, 1.807) is 19.2 Å². The Labute approximate surface area is 197 Å². The summed E-state index contributed by atoms with van der Waals surface area (Å²) in [5.41, 5.74) is 4.22. The van der Waals surface area contributed by atoms with Gasteiger partial charge in [0, 0.05) is 22.8 Å². The monoisotopic (exact) mass is 458 g/mol. The first kappa shape index (κ1) is 21.3. The molecule has 6 heteroatoms. The van der Waals surface area contributed by atoms with E-state index in [0.29, 0.717) is 34.2 Å². The minimum Gasteiger partial charge on any atom is -0.496 e. The number of para-hydroxylation sites is 2. The molecule has 2 heterocycles. The number of fused-ring (bicyclic) bond motifs is 1. The molecule has 5 rings (SSSR count). The number of halogens is 1. The molecule has 0 N–H and O–H groups in total. The van der Waals surface area contributed by atoms with Gasteiger partial charge in [-0.1, -0.05) is 66.2 Å². The van der Waals surface area contributed by atoms with Gasteiger partial charge in [0.25, 0.3) is 11.8 Å². The van der Waals surface area contributed by atoms with Gasteiger partial charge in [-0.2, -0.15) is 0 Å². The molecule has 0 unspecified atom stereocenters. The number of hydrogen-bond acceptors (Lipinski definition) is 4. The molecule has 0 bridgehead atoms. The molecule has 0 spiro atoms. The Kier molecular flexibility index (Phi) is 5.65. The summed E-state index contributed by atoms with van der Waals surface area (Å²) in [5, 5.41) is 0.522. The molecule has 0 saturated heterocycles. The molecule has 5 nitrogen and oxygen atoms in total. The van der Waals surface area contributed by atoms with Crippen LogP contribution < -0.4 is 9.64 Å². The van der Waals surface area contributed by atoms with Crippen LogP contribution in [0.1, 0.15) is 23.1 Å². The molecule has 2 aliphatic rings. The Morgan fingerprint density at radius 1 is 0.909 bits per heavy atom. The highest BCUT2D eigenvalue weighted by molar-refractivity contribution is 6.37. The summed E-state index contributed by atoms with van der Waals surface area (Å²) in [7, 11) is 1.57. The van der Waals surface area contributed by atoms with Gasteiger partial charge in [0.05, 0.1) is 19.2 Å². The van der Waals surface area contributed by atoms with E-state index in [2.05, 4.69) is 6.07 Å². The van der Waals surface area contributed by atoms with E-state index in [9.17, 15) is 9.59 Å². The first-order chi connectivity index (χ1) is 16.1. The molecule has 3 aromatic carbocycles. The molecule has 0 aliphatic carbocycles. The van der Waals surface area contributed by atoms with Crippen LogP contribution >= 0.6 is 11.6 Å². The predicted molar refractivity (Wildman–Crippen MR) is 129 cm³/mol. The highest BCUT2D eigenvalue weighted by Gasteiger charge is 2.43. The lowest BCUT2D eigenvalue weighted by atomic mass is 9.98. The number of methoxy groups -OCH3 is 1. The van der Waals surface area contributed by atoms with Crippen LogP contribution in [0.4, 0.5) is 5.69 Å². The summed E-state index contributed by atoms with van der Waals surface area (Å²) < 4.78 is 5.56. The number of carbonyl (C=O) groups is 2. The first-order valence-electron chi connectivity index (χ1n) is 10.9. The molecular formula is C27H23ClN2O3. The second-order valence-electron chi connectivity index (χ2n) is 8.10. The fourth-order valence-electron chi connectivity index (χ4n) is 4.61. The summed E-state index contributed by atoms with van der Waals surface area (Å²) in [6.45, 7) is 0.763. The van der Waals surface area contributed by atoms with Crippen molar-refractivity contribution in [3.63, 3.8) is 0 Å². The van der Waals surface area contributed by atoms with Gasteiger partial charge in [-0.25, -0.2) is 0 Å². The summed E-state index contributed by atoms with van der Waals surface area (Å²) in [4.78, 5) is 30.9. The number of imide groups is 1. The van der Waals surface area contributed by atoms with Crippen molar-refractivity contribution >= 4 is 34.7 Å². The van der Waals surface area contributed by atoms with E-state index in [0.717, 1.165) is 24.1 Å². The number of hydrogen-bond donors (Lipinski definition) is 0. The van der Waals surface area contributed by atoms with Gasteiger partial charge < -0.3 is 9.64 Å². The number of nitrogens with zero attached hydrogens (tertiary/aromatic N) is 2. The number of aryl methyl sites for hydroxylation is 1. The highest BCUT2D eigenvalue weighted by atomic mass is 35.5. The summed E-state index contributed by atoms with van der Waals surface area (Å²) in [5.74, 6) is -0.115. The van der Waals surface area contributed by atoms with Crippen LogP contribution in [0.2, 0.25) is 5.02 Å². The molecule has 0 atom stereocenters. The Balaban J connectivity index is 1.67. The van der Waals surface area contributed by atoms with Crippen molar-refractivity contribution in [2.75, 3.05) is 18.6 Å². The molecule has 0 aromatic heterocycles. The second kappa shape index (κ2) is 8.75. The van der Waals surface area contributed by atoms with Gasteiger partial charge in [-0.15, -0.1) is 0 Å². The maximum Gasteiger partial charge on any atom is 0.278 e. The normalized spacial score (nSPS) is 15.8. The molecule has 0 fully saturated rings. The number of anilines is 1. The van der Waals surface area contributed by atoms with Crippen molar-refractivity contribution in [2.24, 2.45) is 0 Å². The van der Waals surface area contributed by atoms with Crippen molar-refractivity contribution in [2.45, 2.75) is 19.4 Å². The third-order valence-corrected chi connectivity index (χ3v) is 6.56. The lowest BCUT2D eigenvalue weighted by molar-refractivity contribution is -0.137. The highest BCUT2D eigenvalue weighted by Crippen LogP contribution is 2.40. The molecule has 0 radical (unpaired) electrons. The number of rotatable bonds is 5. The summed E-state index contributed by atoms with van der Waals surface area (Å²) in [6.07, 6.45) is 1.83. The third kappa shape index (κ3) is 3.68. The molecule has 2 aliphatic heterocycles. The van der Waals surface area contributed by atoms with Crippen LogP contribution in [0, 0.1) is 0 Å². The smallest absolute Gasteiger partial charge is 0.278 e. The Hall–Kier alpha value is -3.57. The number of carbonyl (C=O) groups excluding carboxylic acids is 2. The lowest BCUT2D eigenvalue weighted by Crippen LogP contribution is -2.36. The van der Waals surface area contributed by atoms with Crippen molar-refractivity contribution in [1.82, 2.24) is 4.90 Å². The fraction of sp³-hybridized carbons (Fsp3) is 0.185. The SMILES string of the molecule is COc1ccccc1C1=C(N2CCCc3ccccc32)C(=O)N(Cc2ccccc2Cl)C1=O. The molecule has 166 valence electrons. The van der Waals surface area contributed by atoms with Crippen LogP contribution in [0.5, 0.6) is 5.75 Å². The van der Waals surface area contributed by atoms with Crippen LogP contribution in [-0.2, 0) is 22.6 Å². The van der Waals surface area contributed by atoms with Crippen LogP contribution in [-0.4, -0.2) is 30.4 Å². The predicted octanol–water partition coefficient (Wildman–Crippen LogP) is 5.08. The van der Waals surface area contributed by atoms with E-state index in [4.69, 9.17) is 16.3 Å². The van der Waals surface area contributed by atoms with Gasteiger partial charge in [-0.05, 0) is 42.2 Å². The van der Waals surface area contributed by atoms with Crippen molar-refractivity contribution in [3.05, 3.63) is 100 Å². The van der Waals surface area contributed by atoms with E-state index in [-0.39, 0.29) is 18.4 Å². The van der Waals surface area contributed by atoms with Gasteiger partial charge in [-0.3, -0.25) is 14.5 Å². The van der Waals surface area contributed by atoms with Crippen LogP contribution in [0.3, 0.4) is 0 Å². The quantitative estimate of drug-likeness (QED) is 0.500. The molecular weight excluding hydrogens is 436 g/mol. The van der Waals surface area contributed by atoms with Crippen molar-refractivity contribution < 1.29 is 14.3 Å². The van der Waals surface area contributed by atoms with E-state index in [1.807, 2.05) is 59.5 Å². The topological polar surface area (TPSA) is 49.9 Å². The standard InChI is InChI=1S/C27H23ClN2O3/c1-33-23-15-7-4-12-20(23)24-25(29-16-8-11-18-9-3-6-14-22(18)29)27(32)30(26(24)31)17-19-10-2-5-13-21(19)28/h2-7,9-10,12-15H,8,11,16-17H2,1H3. The lowest BCUT2D eigenvalue weighted by Gasteiger charge is -2.32. The number of benzene rings is 3. The van der Waals surface area contributed by atoms with Gasteiger partial charge in [0.15, 0.2) is 0 Å². The van der Waals surface area contributed by atoms with Gasteiger partial charge in [0.1, 0.15) is 11.4 Å². The zero-order chi connectivity index (χ0) is 22.9. The second-order valence-corrected chi connectivity index (χ2v) is 8.50. The first-order valence-corrected chi connectivity index (χ1v) is 11.3. The fourth-order valence-corrected chi connectivity index (χ4v) is 4.81. The van der Waals surface area contributed by atoms with E-state index >= 15 is 0 Å². The van der Waals surface area contributed by atoms with Crippen molar-refractivity contribution in [3.8, 4) is 5.75 Å². The zero-order valence-electron chi connectivity index (χ0n) is 18.3. The van der Waals surface area contributed by atoms with Gasteiger partial charge in [0.2, 0.25) is 0 Å². The number of amides is 2. The number of ether oxygens (including phenoxy) is 1. The van der Waals surface area contributed by atoms with Crippen molar-refractivity contribution in [1.29, 1.82) is 0 Å². The molecule has 2 amide bonds. The van der Waals surface area contributed by atoms with Crippen LogP contribution in [0.25, 0.3) is 5.57 Å². The zero-order valence-corrected chi connectivity index (χ0v) is 19.0. The average Bonchev–Trinajstić information content (AvgIpc) is 3.09. The largest absolute Gasteiger partial charge is 0.496 e.